The normalized spacial score (nSPS) is 11.9. The predicted octanol–water partition coefficient (Wildman–Crippen LogP) is -0.136. The van der Waals surface area contributed by atoms with E-state index >= 15 is 0 Å². The second-order valence-electron chi connectivity index (χ2n) is 0.812. The van der Waals surface area contributed by atoms with Gasteiger partial charge in [-0.05, 0) is 0 Å². The smallest absolute Gasteiger partial charge is 0.114 e. The zero-order valence-electron chi connectivity index (χ0n) is 4.08. The van der Waals surface area contributed by atoms with Gasteiger partial charge in [-0.2, -0.15) is 0 Å². The minimum absolute atomic E-state index is 1.25. The van der Waals surface area contributed by atoms with Crippen molar-refractivity contribution in [3.05, 3.63) is 0 Å². The Hall–Kier alpha value is 0.530. The van der Waals surface area contributed by atoms with Crippen LogP contribution in [-0.4, -0.2) is 14.2 Å². The van der Waals surface area contributed by atoms with Crippen LogP contribution >= 0.6 is 6.72 Å². The fraction of sp³-hybridized carbons (Fsp3) is 1.00. The van der Waals surface area contributed by atoms with Gasteiger partial charge in [0.25, 0.3) is 0 Å². The first-order valence-electron chi connectivity index (χ1n) is 1.55. The van der Waals surface area contributed by atoms with Gasteiger partial charge in [-0.25, -0.2) is 0 Å². The molecule has 0 aromatic rings. The molecule has 5 heteroatoms. The zero-order valence-corrected chi connectivity index (χ0v) is 5.79. The second-order valence-corrected chi connectivity index (χ2v) is 3.78. The quantitative estimate of drug-likeness (QED) is 0.502. The molecule has 44 valence electrons. The van der Waals surface area contributed by atoms with Crippen LogP contribution < -0.4 is 4.89 Å². The predicted molar refractivity (Wildman–Crippen MR) is 28.3 cm³/mol. The van der Waals surface area contributed by atoms with Crippen molar-refractivity contribution >= 4 is 18.5 Å². The summed E-state index contributed by atoms with van der Waals surface area (Å²) in [7, 11) is 2.49. The van der Waals surface area contributed by atoms with Gasteiger partial charge < -0.3 is 13.9 Å². The molecule has 0 spiro atoms. The van der Waals surface area contributed by atoms with E-state index in [1.807, 2.05) is 0 Å². The lowest BCUT2D eigenvalue weighted by Crippen LogP contribution is -2.02. The molecule has 0 fully saturated rings. The number of hydrogen-bond acceptors (Lipinski definition) is 4. The van der Waals surface area contributed by atoms with Gasteiger partial charge in [-0.15, -0.1) is 0 Å². The highest BCUT2D eigenvalue weighted by atomic mass is 32.5. The first-order chi connectivity index (χ1) is 3.12. The van der Waals surface area contributed by atoms with E-state index < -0.39 is 6.72 Å². The van der Waals surface area contributed by atoms with E-state index in [2.05, 4.69) is 20.9 Å². The number of hydrogen-bond donors (Lipinski definition) is 0. The second kappa shape index (κ2) is 2.74. The van der Waals surface area contributed by atoms with Gasteiger partial charge in [0, 0.05) is 14.2 Å². The molecule has 0 unspecified atom stereocenters. The highest BCUT2D eigenvalue weighted by Crippen LogP contribution is 2.35. The van der Waals surface area contributed by atoms with Gasteiger partial charge in [0.2, 0.25) is 0 Å². The van der Waals surface area contributed by atoms with Crippen LogP contribution in [0.5, 0.6) is 0 Å². The van der Waals surface area contributed by atoms with Crippen molar-refractivity contribution in [1.82, 2.24) is 0 Å². The standard InChI is InChI=1S/C2H7O3PS/c1-4-6(3,7)5-2/h1-2H3,(H,3,7)/p-1. The van der Waals surface area contributed by atoms with Crippen molar-refractivity contribution in [2.45, 2.75) is 0 Å². The van der Waals surface area contributed by atoms with E-state index in [4.69, 9.17) is 0 Å². The highest BCUT2D eigenvalue weighted by molar-refractivity contribution is 8.06. The van der Waals surface area contributed by atoms with Crippen LogP contribution in [0.15, 0.2) is 0 Å². The van der Waals surface area contributed by atoms with E-state index in [0.717, 1.165) is 0 Å². The van der Waals surface area contributed by atoms with Crippen LogP contribution in [0.2, 0.25) is 0 Å². The first-order valence-corrected chi connectivity index (χ1v) is 4.10. The molecular formula is C2H6O3PS-. The molecule has 0 saturated heterocycles. The molecule has 3 nitrogen and oxygen atoms in total. The number of rotatable bonds is 2. The monoisotopic (exact) mass is 141 g/mol. The van der Waals surface area contributed by atoms with E-state index in [-0.39, 0.29) is 0 Å². The van der Waals surface area contributed by atoms with E-state index in [1.54, 1.807) is 0 Å². The molecule has 0 rings (SSSR count). The summed E-state index contributed by atoms with van der Waals surface area (Å²) in [6, 6.07) is 0. The first kappa shape index (κ1) is 7.53. The lowest BCUT2D eigenvalue weighted by molar-refractivity contribution is -0.201. The molecule has 0 amide bonds. The maximum Gasteiger partial charge on any atom is 0.114 e. The Kier molecular flexibility index (Phi) is 2.95. The molecule has 0 aromatic carbocycles. The summed E-state index contributed by atoms with van der Waals surface area (Å²) in [5.41, 5.74) is 0. The largest absolute Gasteiger partial charge is 0.780 e. The highest BCUT2D eigenvalue weighted by Gasteiger charge is 1.91. The maximum atomic E-state index is 10.3. The summed E-state index contributed by atoms with van der Waals surface area (Å²) in [5, 5.41) is 0. The molecule has 0 aliphatic heterocycles. The maximum absolute atomic E-state index is 10.3. The van der Waals surface area contributed by atoms with Crippen molar-refractivity contribution in [2.24, 2.45) is 0 Å². The van der Waals surface area contributed by atoms with Crippen molar-refractivity contribution in [3.8, 4) is 0 Å². The summed E-state index contributed by atoms with van der Waals surface area (Å²) in [6.45, 7) is -3.07. The average Bonchev–Trinajstić information content (AvgIpc) is 1.68. The van der Waals surface area contributed by atoms with Gasteiger partial charge in [0.05, 0.1) is 0 Å². The molecule has 0 saturated carbocycles. The Labute approximate surface area is 47.5 Å². The van der Waals surface area contributed by atoms with Crippen molar-refractivity contribution < 1.29 is 13.9 Å². The van der Waals surface area contributed by atoms with Gasteiger partial charge in [-0.3, -0.25) is 0 Å². The molecular weight excluding hydrogens is 135 g/mol. The molecule has 0 aliphatic rings. The summed E-state index contributed by atoms with van der Waals surface area (Å²) < 4.78 is 8.47. The van der Waals surface area contributed by atoms with Crippen LogP contribution in [0.3, 0.4) is 0 Å². The molecule has 0 radical (unpaired) electrons. The van der Waals surface area contributed by atoms with E-state index in [0.29, 0.717) is 0 Å². The Morgan fingerprint density at radius 2 is 1.71 bits per heavy atom. The minimum atomic E-state index is -3.07. The molecule has 0 atom stereocenters. The molecule has 0 heterocycles. The Morgan fingerprint density at radius 1 is 1.43 bits per heavy atom. The van der Waals surface area contributed by atoms with Crippen molar-refractivity contribution in [3.63, 3.8) is 0 Å². The van der Waals surface area contributed by atoms with Crippen LogP contribution in [0.25, 0.3) is 0 Å². The summed E-state index contributed by atoms with van der Waals surface area (Å²) in [5.74, 6) is 0. The minimum Gasteiger partial charge on any atom is -0.780 e. The zero-order chi connectivity index (χ0) is 5.91. The molecule has 0 bridgehead atoms. The Balaban J connectivity index is 3.61. The third-order valence-electron chi connectivity index (χ3n) is 0.447. The van der Waals surface area contributed by atoms with Gasteiger partial charge in [0.1, 0.15) is 6.72 Å². The van der Waals surface area contributed by atoms with Gasteiger partial charge >= 0.3 is 0 Å². The fourth-order valence-electron chi connectivity index (χ4n) is 0.0745. The van der Waals surface area contributed by atoms with Gasteiger partial charge in [-0.1, -0.05) is 11.8 Å². The Morgan fingerprint density at radius 3 is 1.71 bits per heavy atom. The summed E-state index contributed by atoms with van der Waals surface area (Å²) >= 11 is 4.26. The van der Waals surface area contributed by atoms with Crippen LogP contribution in [0.4, 0.5) is 0 Å². The van der Waals surface area contributed by atoms with Crippen molar-refractivity contribution in [1.29, 1.82) is 0 Å². The average molecular weight is 141 g/mol. The lowest BCUT2D eigenvalue weighted by atomic mass is 11.8. The third kappa shape index (κ3) is 3.14. The topological polar surface area (TPSA) is 41.5 Å². The lowest BCUT2D eigenvalue weighted by Gasteiger charge is -2.21. The molecule has 0 aromatic heterocycles. The molecule has 7 heavy (non-hydrogen) atoms. The molecule has 0 N–H and O–H groups in total. The van der Waals surface area contributed by atoms with E-state index in [9.17, 15) is 4.89 Å². The van der Waals surface area contributed by atoms with Crippen LogP contribution in [0.1, 0.15) is 0 Å². The van der Waals surface area contributed by atoms with E-state index in [1.165, 1.54) is 14.2 Å². The third-order valence-corrected chi connectivity index (χ3v) is 2.24. The van der Waals surface area contributed by atoms with Crippen molar-refractivity contribution in [2.75, 3.05) is 14.2 Å². The summed E-state index contributed by atoms with van der Waals surface area (Å²) in [4.78, 5) is 10.3. The Bertz CT molecular complexity index is 84.9. The van der Waals surface area contributed by atoms with Crippen LogP contribution in [0, 0.1) is 0 Å². The van der Waals surface area contributed by atoms with Crippen LogP contribution in [-0.2, 0) is 20.9 Å². The summed E-state index contributed by atoms with van der Waals surface area (Å²) in [6.07, 6.45) is 0. The van der Waals surface area contributed by atoms with Gasteiger partial charge in [0.15, 0.2) is 0 Å². The fourth-order valence-corrected chi connectivity index (χ4v) is 0.224. The molecule has 0 aliphatic carbocycles. The SMILES string of the molecule is COP([O-])(=S)OC.